The molecule has 0 heterocycles. The first-order valence-corrected chi connectivity index (χ1v) is 16.0. The minimum absolute atomic E-state index is 0.0692. The largest absolute Gasteiger partial charge is 0.481 e. The van der Waals surface area contributed by atoms with Crippen molar-refractivity contribution < 1.29 is 27.9 Å². The first-order valence-electron chi connectivity index (χ1n) is 14.5. The second kappa shape index (κ2) is 15.5. The number of hydrogen-bond acceptors (Lipinski definition) is 5. The predicted octanol–water partition coefficient (Wildman–Crippen LogP) is 5.62. The molecule has 0 aliphatic heterocycles. The molecule has 0 aromatic heterocycles. The molecule has 1 unspecified atom stereocenters. The van der Waals surface area contributed by atoms with E-state index in [4.69, 9.17) is 0 Å². The molecule has 3 amide bonds. The van der Waals surface area contributed by atoms with Gasteiger partial charge in [-0.25, -0.2) is 17.9 Å². The molecule has 44 heavy (non-hydrogen) atoms. The topological polar surface area (TPSA) is 154 Å². The van der Waals surface area contributed by atoms with E-state index in [1.54, 1.807) is 12.1 Å². The van der Waals surface area contributed by atoms with Crippen LogP contribution in [0.3, 0.4) is 0 Å². The normalized spacial score (nSPS) is 12.3. The molecule has 236 valence electrons. The van der Waals surface area contributed by atoms with Crippen molar-refractivity contribution in [2.24, 2.45) is 5.41 Å². The van der Waals surface area contributed by atoms with E-state index in [0.717, 1.165) is 35.2 Å². The Labute approximate surface area is 259 Å². The zero-order chi connectivity index (χ0) is 32.3. The van der Waals surface area contributed by atoms with Crippen LogP contribution >= 0.6 is 0 Å². The number of hydrogen-bond donors (Lipinski definition) is 5. The van der Waals surface area contributed by atoms with Crippen LogP contribution in [0.5, 0.6) is 0 Å². The fourth-order valence-electron chi connectivity index (χ4n) is 4.51. The van der Waals surface area contributed by atoms with Gasteiger partial charge in [0.15, 0.2) is 0 Å². The van der Waals surface area contributed by atoms with Crippen LogP contribution in [0.2, 0.25) is 0 Å². The fourth-order valence-corrected chi connectivity index (χ4v) is 5.59. The highest BCUT2D eigenvalue weighted by atomic mass is 32.2. The summed E-state index contributed by atoms with van der Waals surface area (Å²) < 4.78 is 27.6. The maximum Gasteiger partial charge on any atom is 0.323 e. The van der Waals surface area contributed by atoms with E-state index in [2.05, 4.69) is 34.5 Å². The molecular formula is C33H42N4O6S. The van der Waals surface area contributed by atoms with Crippen molar-refractivity contribution in [2.45, 2.75) is 70.7 Å². The van der Waals surface area contributed by atoms with Gasteiger partial charge in [0, 0.05) is 24.3 Å². The van der Waals surface area contributed by atoms with Gasteiger partial charge in [-0.15, -0.1) is 0 Å². The molecule has 10 nitrogen and oxygen atoms in total. The molecule has 0 fully saturated rings. The number of nitrogens with one attached hydrogen (secondary N) is 4. The molecule has 0 aliphatic carbocycles. The standard InChI is InChI=1S/C33H42N4O6S/c1-23-9-15-28(16-10-23)44(42,43)34-22-27(21-31(39)40)35-30(38)18-20-33(3,4)19-17-25-11-13-26(14-12-25)36-32(41)37-29-8-6-5-7-24(29)2/h5-16,27,34H,17-22H2,1-4H3,(H,35,38)(H,39,40)(H2,36,37,41). The van der Waals surface area contributed by atoms with Gasteiger partial charge in [0.05, 0.1) is 17.4 Å². The van der Waals surface area contributed by atoms with Crippen LogP contribution in [0.25, 0.3) is 0 Å². The Morgan fingerprint density at radius 1 is 0.864 bits per heavy atom. The predicted molar refractivity (Wildman–Crippen MR) is 172 cm³/mol. The van der Waals surface area contributed by atoms with E-state index in [-0.39, 0.29) is 35.2 Å². The number of para-hydroxylation sites is 1. The summed E-state index contributed by atoms with van der Waals surface area (Å²) >= 11 is 0. The molecule has 3 rings (SSSR count). The van der Waals surface area contributed by atoms with Crippen LogP contribution in [-0.4, -0.2) is 44.0 Å². The number of carboxylic acid groups (broad SMARTS) is 1. The van der Waals surface area contributed by atoms with E-state index in [1.165, 1.54) is 12.1 Å². The van der Waals surface area contributed by atoms with Crippen LogP contribution in [0, 0.1) is 19.3 Å². The summed E-state index contributed by atoms with van der Waals surface area (Å²) in [7, 11) is -3.85. The van der Waals surface area contributed by atoms with Crippen molar-refractivity contribution in [3.8, 4) is 0 Å². The smallest absolute Gasteiger partial charge is 0.323 e. The van der Waals surface area contributed by atoms with Crippen LogP contribution in [0.15, 0.2) is 77.7 Å². The average molecular weight is 623 g/mol. The van der Waals surface area contributed by atoms with Gasteiger partial charge in [-0.2, -0.15) is 0 Å². The third kappa shape index (κ3) is 11.5. The summed E-state index contributed by atoms with van der Waals surface area (Å²) in [5, 5.41) is 17.6. The zero-order valence-corrected chi connectivity index (χ0v) is 26.5. The lowest BCUT2D eigenvalue weighted by atomic mass is 9.82. The zero-order valence-electron chi connectivity index (χ0n) is 25.6. The Morgan fingerprint density at radius 3 is 2.16 bits per heavy atom. The second-order valence-electron chi connectivity index (χ2n) is 11.8. The number of rotatable bonds is 15. The molecule has 0 saturated heterocycles. The van der Waals surface area contributed by atoms with Crippen LogP contribution in [0.1, 0.15) is 56.2 Å². The second-order valence-corrected chi connectivity index (χ2v) is 13.5. The quantitative estimate of drug-likeness (QED) is 0.148. The first-order chi connectivity index (χ1) is 20.7. The Balaban J connectivity index is 1.45. The fraction of sp³-hybridized carbons (Fsp3) is 0.364. The Kier molecular flexibility index (Phi) is 12.1. The number of carboxylic acids is 1. The van der Waals surface area contributed by atoms with Gasteiger partial charge in [-0.3, -0.25) is 9.59 Å². The van der Waals surface area contributed by atoms with Gasteiger partial charge in [0.25, 0.3) is 0 Å². The molecule has 3 aromatic carbocycles. The van der Waals surface area contributed by atoms with Crippen molar-refractivity contribution in [1.82, 2.24) is 10.0 Å². The lowest BCUT2D eigenvalue weighted by molar-refractivity contribution is -0.137. The minimum Gasteiger partial charge on any atom is -0.481 e. The highest BCUT2D eigenvalue weighted by Gasteiger charge is 2.23. The van der Waals surface area contributed by atoms with Gasteiger partial charge in [0.1, 0.15) is 0 Å². The van der Waals surface area contributed by atoms with Crippen LogP contribution < -0.4 is 20.7 Å². The van der Waals surface area contributed by atoms with Gasteiger partial charge < -0.3 is 21.1 Å². The molecule has 0 bridgehead atoms. The number of amides is 3. The van der Waals surface area contributed by atoms with Gasteiger partial charge in [-0.1, -0.05) is 61.9 Å². The average Bonchev–Trinajstić information content (AvgIpc) is 2.96. The van der Waals surface area contributed by atoms with Crippen molar-refractivity contribution in [1.29, 1.82) is 0 Å². The molecule has 11 heteroatoms. The van der Waals surface area contributed by atoms with Crippen molar-refractivity contribution in [2.75, 3.05) is 17.2 Å². The summed E-state index contributed by atoms with van der Waals surface area (Å²) in [5.41, 5.74) is 4.21. The number of carbonyl (C=O) groups is 3. The lowest BCUT2D eigenvalue weighted by Gasteiger charge is -2.25. The summed E-state index contributed by atoms with van der Waals surface area (Å²) in [4.78, 5) is 36.5. The minimum atomic E-state index is -3.85. The third-order valence-corrected chi connectivity index (χ3v) is 8.80. The van der Waals surface area contributed by atoms with E-state index in [9.17, 15) is 27.9 Å². The molecular weight excluding hydrogens is 580 g/mol. The van der Waals surface area contributed by atoms with Crippen LogP contribution in [0.4, 0.5) is 16.2 Å². The SMILES string of the molecule is Cc1ccc(S(=O)(=O)NCC(CC(=O)O)NC(=O)CCC(C)(C)CCc2ccc(NC(=O)Nc3ccccc3C)cc2)cc1. The summed E-state index contributed by atoms with van der Waals surface area (Å²) in [6.45, 7) is 7.66. The maximum atomic E-state index is 12.7. The number of aryl methyl sites for hydroxylation is 3. The highest BCUT2D eigenvalue weighted by Crippen LogP contribution is 2.29. The van der Waals surface area contributed by atoms with E-state index in [0.29, 0.717) is 12.1 Å². The molecule has 0 saturated carbocycles. The van der Waals surface area contributed by atoms with Gasteiger partial charge >= 0.3 is 12.0 Å². The van der Waals surface area contributed by atoms with E-state index in [1.807, 2.05) is 62.4 Å². The number of sulfonamides is 1. The third-order valence-electron chi connectivity index (χ3n) is 7.36. The van der Waals surface area contributed by atoms with Crippen molar-refractivity contribution >= 4 is 39.3 Å². The summed E-state index contributed by atoms with van der Waals surface area (Å²) in [6.07, 6.45) is 1.89. The van der Waals surface area contributed by atoms with Crippen LogP contribution in [-0.2, 0) is 26.0 Å². The molecule has 0 radical (unpaired) electrons. The Morgan fingerprint density at radius 2 is 1.52 bits per heavy atom. The Bertz CT molecular complexity index is 1540. The number of benzene rings is 3. The summed E-state index contributed by atoms with van der Waals surface area (Å²) in [5.74, 6) is -1.48. The number of carbonyl (C=O) groups excluding carboxylic acids is 2. The molecule has 1 atom stereocenters. The highest BCUT2D eigenvalue weighted by molar-refractivity contribution is 7.89. The van der Waals surface area contributed by atoms with Gasteiger partial charge in [0.2, 0.25) is 15.9 Å². The number of urea groups is 1. The first kappa shape index (κ1) is 34.3. The lowest BCUT2D eigenvalue weighted by Crippen LogP contribution is -2.45. The number of aliphatic carboxylic acids is 1. The summed E-state index contributed by atoms with van der Waals surface area (Å²) in [6, 6.07) is 20.2. The number of anilines is 2. The monoisotopic (exact) mass is 622 g/mol. The van der Waals surface area contributed by atoms with Crippen molar-refractivity contribution in [3.63, 3.8) is 0 Å². The molecule has 5 N–H and O–H groups in total. The van der Waals surface area contributed by atoms with E-state index < -0.39 is 28.5 Å². The molecule has 3 aromatic rings. The van der Waals surface area contributed by atoms with Gasteiger partial charge in [-0.05, 0) is 80.0 Å². The van der Waals surface area contributed by atoms with Crippen molar-refractivity contribution in [3.05, 3.63) is 89.5 Å². The Hall–Kier alpha value is -4.22. The van der Waals surface area contributed by atoms with E-state index >= 15 is 0 Å². The molecule has 0 spiro atoms. The molecule has 0 aliphatic rings. The maximum absolute atomic E-state index is 12.7.